The van der Waals surface area contributed by atoms with Crippen LogP contribution in [0.5, 0.6) is 0 Å². The van der Waals surface area contributed by atoms with E-state index in [9.17, 15) is 4.79 Å². The lowest BCUT2D eigenvalue weighted by Crippen LogP contribution is -2.56. The van der Waals surface area contributed by atoms with E-state index in [2.05, 4.69) is 38.8 Å². The Morgan fingerprint density at radius 2 is 1.85 bits per heavy atom. The number of carbonyl (C=O) groups excluding carboxylic acids is 1. The first-order chi connectivity index (χ1) is 15.7. The van der Waals surface area contributed by atoms with Gasteiger partial charge >= 0.3 is 6.09 Å². The second-order valence-electron chi connectivity index (χ2n) is 11.8. The summed E-state index contributed by atoms with van der Waals surface area (Å²) in [6, 6.07) is 0. The van der Waals surface area contributed by atoms with Gasteiger partial charge < -0.3 is 28.7 Å². The molecular formula is C26H42N2O5. The summed E-state index contributed by atoms with van der Waals surface area (Å²) in [5.41, 5.74) is 1.09. The molecular weight excluding hydrogens is 420 g/mol. The van der Waals surface area contributed by atoms with E-state index in [-0.39, 0.29) is 46.9 Å². The molecule has 0 radical (unpaired) electrons. The molecule has 0 aromatic heterocycles. The maximum atomic E-state index is 13.2. The minimum atomic E-state index is -0.306. The van der Waals surface area contributed by atoms with Crippen LogP contribution < -0.4 is 0 Å². The Hall–Kier alpha value is -1.15. The Kier molecular flexibility index (Phi) is 6.08. The largest absolute Gasteiger partial charge is 0.443 e. The lowest BCUT2D eigenvalue weighted by Gasteiger charge is -2.43. The zero-order valence-electron chi connectivity index (χ0n) is 21.1. The third-order valence-electron chi connectivity index (χ3n) is 9.23. The van der Waals surface area contributed by atoms with Crippen molar-refractivity contribution in [1.29, 1.82) is 0 Å². The summed E-state index contributed by atoms with van der Waals surface area (Å²) in [5, 5.41) is 0. The molecule has 186 valence electrons. The molecule has 0 N–H and O–H groups in total. The molecule has 2 spiro atoms. The molecule has 7 heteroatoms. The highest BCUT2D eigenvalue weighted by molar-refractivity contribution is 5.68. The summed E-state index contributed by atoms with van der Waals surface area (Å²) in [5.74, 6) is 0.0657. The van der Waals surface area contributed by atoms with E-state index in [0.717, 1.165) is 58.5 Å². The topological polar surface area (TPSA) is 67.1 Å². The van der Waals surface area contributed by atoms with Crippen LogP contribution in [-0.2, 0) is 18.9 Å². The summed E-state index contributed by atoms with van der Waals surface area (Å²) in [6.07, 6.45) is 7.74. The minimum Gasteiger partial charge on any atom is -0.443 e. The standard InChI is InChI=1S/C26H42N2O5/c1-18(2)6-7-20-24(3,33-20)22-21(30-5)19(8-9-26(22)17-31-26)32-23(29)28-15-12-25(16-28)10-13-27(4)14-11-25/h6,19-22H,7-17H2,1-5H3/t19-,20-,21-,22?,24+,26+/m1/s1. The highest BCUT2D eigenvalue weighted by Gasteiger charge is 2.72. The Morgan fingerprint density at radius 1 is 1.15 bits per heavy atom. The lowest BCUT2D eigenvalue weighted by atomic mass is 9.68. The van der Waals surface area contributed by atoms with Gasteiger partial charge in [0, 0.05) is 20.2 Å². The number of nitrogens with zero attached hydrogens (tertiary/aromatic N) is 2. The van der Waals surface area contributed by atoms with Crippen molar-refractivity contribution >= 4 is 6.09 Å². The zero-order chi connectivity index (χ0) is 23.4. The van der Waals surface area contributed by atoms with Gasteiger partial charge in [0.1, 0.15) is 23.4 Å². The first kappa shape index (κ1) is 23.6. The number of epoxide rings is 2. The first-order valence-corrected chi connectivity index (χ1v) is 12.8. The molecule has 33 heavy (non-hydrogen) atoms. The number of amides is 1. The molecule has 4 aliphatic heterocycles. The highest BCUT2D eigenvalue weighted by Crippen LogP contribution is 2.59. The number of hydrogen-bond donors (Lipinski definition) is 0. The number of methoxy groups -OCH3 is 1. The summed E-state index contributed by atoms with van der Waals surface area (Å²) in [6.45, 7) is 11.0. The Labute approximate surface area is 198 Å². The average molecular weight is 463 g/mol. The molecule has 0 aromatic carbocycles. The number of hydrogen-bond acceptors (Lipinski definition) is 6. The van der Waals surface area contributed by atoms with Gasteiger partial charge in [-0.1, -0.05) is 11.6 Å². The molecule has 0 aromatic rings. The fourth-order valence-electron chi connectivity index (χ4n) is 6.87. The molecule has 6 atom stereocenters. The fourth-order valence-corrected chi connectivity index (χ4v) is 6.87. The van der Waals surface area contributed by atoms with E-state index in [1.54, 1.807) is 7.11 Å². The van der Waals surface area contributed by atoms with E-state index in [1.165, 1.54) is 18.4 Å². The van der Waals surface area contributed by atoms with Crippen LogP contribution in [0.1, 0.15) is 59.3 Å². The maximum absolute atomic E-state index is 13.2. The van der Waals surface area contributed by atoms with Gasteiger partial charge in [0.25, 0.3) is 0 Å². The Balaban J connectivity index is 1.25. The second-order valence-corrected chi connectivity index (χ2v) is 11.8. The zero-order valence-corrected chi connectivity index (χ0v) is 21.1. The SMILES string of the molecule is CO[C@H]1C([C@@]2(C)O[C@@H]2CC=C(C)C)[C@]2(CC[C@H]1OC(=O)N1CCC3(CCN(C)CC3)C1)CO2. The summed E-state index contributed by atoms with van der Waals surface area (Å²) in [7, 11) is 3.92. The van der Waals surface area contributed by atoms with Gasteiger partial charge in [-0.15, -0.1) is 0 Å². The van der Waals surface area contributed by atoms with E-state index in [1.807, 2.05) is 4.90 Å². The fraction of sp³-hybridized carbons (Fsp3) is 0.885. The molecule has 4 heterocycles. The Morgan fingerprint density at radius 3 is 2.48 bits per heavy atom. The number of piperidine rings is 1. The van der Waals surface area contributed by atoms with Crippen molar-refractivity contribution in [1.82, 2.24) is 9.80 Å². The van der Waals surface area contributed by atoms with Crippen LogP contribution in [-0.4, -0.2) is 92.4 Å². The van der Waals surface area contributed by atoms with Crippen LogP contribution in [0.25, 0.3) is 0 Å². The van der Waals surface area contributed by atoms with Crippen molar-refractivity contribution in [3.05, 3.63) is 11.6 Å². The molecule has 1 unspecified atom stereocenters. The smallest absolute Gasteiger partial charge is 0.410 e. The third kappa shape index (κ3) is 4.35. The summed E-state index contributed by atoms with van der Waals surface area (Å²) < 4.78 is 24.5. The molecule has 5 rings (SSSR count). The highest BCUT2D eigenvalue weighted by atomic mass is 16.6. The van der Waals surface area contributed by atoms with E-state index >= 15 is 0 Å². The third-order valence-corrected chi connectivity index (χ3v) is 9.23. The molecule has 1 amide bonds. The molecule has 1 aliphatic carbocycles. The van der Waals surface area contributed by atoms with Crippen molar-refractivity contribution < 1.29 is 23.7 Å². The van der Waals surface area contributed by atoms with Crippen LogP contribution in [0.15, 0.2) is 11.6 Å². The van der Waals surface area contributed by atoms with Crippen molar-refractivity contribution in [2.75, 3.05) is 46.9 Å². The summed E-state index contributed by atoms with van der Waals surface area (Å²) in [4.78, 5) is 17.6. The van der Waals surface area contributed by atoms with Crippen molar-refractivity contribution in [3.63, 3.8) is 0 Å². The van der Waals surface area contributed by atoms with E-state index in [4.69, 9.17) is 18.9 Å². The van der Waals surface area contributed by atoms with Crippen molar-refractivity contribution in [2.24, 2.45) is 11.3 Å². The number of allylic oxidation sites excluding steroid dienone is 1. The van der Waals surface area contributed by atoms with Gasteiger partial charge in [-0.25, -0.2) is 4.79 Å². The molecule has 0 bridgehead atoms. The van der Waals surface area contributed by atoms with Crippen molar-refractivity contribution in [2.45, 2.75) is 88.8 Å². The number of ether oxygens (including phenoxy) is 4. The van der Waals surface area contributed by atoms with Gasteiger partial charge in [0.2, 0.25) is 0 Å². The average Bonchev–Trinajstić information content (AvgIpc) is 3.65. The van der Waals surface area contributed by atoms with Gasteiger partial charge in [0.05, 0.1) is 18.6 Å². The summed E-state index contributed by atoms with van der Waals surface area (Å²) >= 11 is 0. The van der Waals surface area contributed by atoms with Gasteiger partial charge in [-0.05, 0) is 84.8 Å². The lowest BCUT2D eigenvalue weighted by molar-refractivity contribution is -0.121. The minimum absolute atomic E-state index is 0.0657. The van der Waals surface area contributed by atoms with Crippen LogP contribution in [0.3, 0.4) is 0 Å². The number of likely N-dealkylation sites (tertiary alicyclic amines) is 2. The van der Waals surface area contributed by atoms with E-state index < -0.39 is 0 Å². The number of rotatable bonds is 5. The monoisotopic (exact) mass is 462 g/mol. The predicted molar refractivity (Wildman–Crippen MR) is 125 cm³/mol. The molecule has 7 nitrogen and oxygen atoms in total. The van der Waals surface area contributed by atoms with Crippen LogP contribution in [0.4, 0.5) is 4.79 Å². The predicted octanol–water partition coefficient (Wildman–Crippen LogP) is 3.62. The van der Waals surface area contributed by atoms with Gasteiger partial charge in [-0.3, -0.25) is 0 Å². The molecule has 5 aliphatic rings. The maximum Gasteiger partial charge on any atom is 0.410 e. The first-order valence-electron chi connectivity index (χ1n) is 12.8. The van der Waals surface area contributed by atoms with Crippen LogP contribution >= 0.6 is 0 Å². The molecule has 4 saturated heterocycles. The van der Waals surface area contributed by atoms with Crippen LogP contribution in [0, 0.1) is 11.3 Å². The normalized spacial score (nSPS) is 41.9. The second kappa shape index (κ2) is 8.51. The van der Waals surface area contributed by atoms with Gasteiger partial charge in [-0.2, -0.15) is 0 Å². The van der Waals surface area contributed by atoms with Crippen LogP contribution in [0.2, 0.25) is 0 Å². The quantitative estimate of drug-likeness (QED) is 0.459. The number of carbonyl (C=O) groups is 1. The Bertz CT molecular complexity index is 784. The van der Waals surface area contributed by atoms with E-state index in [0.29, 0.717) is 0 Å². The molecule has 1 saturated carbocycles. The van der Waals surface area contributed by atoms with Gasteiger partial charge in [0.15, 0.2) is 0 Å². The van der Waals surface area contributed by atoms with Crippen molar-refractivity contribution in [3.8, 4) is 0 Å². The molecule has 5 fully saturated rings.